The number of hydrogen-bond donors (Lipinski definition) is 1. The monoisotopic (exact) mass is 335 g/mol. The summed E-state index contributed by atoms with van der Waals surface area (Å²) in [7, 11) is 0. The molecule has 4 rings (SSSR count). The second kappa shape index (κ2) is 5.52. The summed E-state index contributed by atoms with van der Waals surface area (Å²) in [5.74, 6) is -1.09. The number of thiophene rings is 1. The fraction of sp³-hybridized carbons (Fsp3) is 0. The van der Waals surface area contributed by atoms with Crippen molar-refractivity contribution in [3.63, 3.8) is 0 Å². The second-order valence-corrected chi connectivity index (χ2v) is 6.12. The van der Waals surface area contributed by atoms with Crippen molar-refractivity contribution in [2.45, 2.75) is 0 Å². The first-order valence-electron chi connectivity index (χ1n) is 7.25. The Morgan fingerprint density at radius 3 is 2.67 bits per heavy atom. The first kappa shape index (κ1) is 14.5. The molecule has 0 unspecified atom stereocenters. The van der Waals surface area contributed by atoms with Crippen LogP contribution in [0.25, 0.3) is 27.8 Å². The van der Waals surface area contributed by atoms with Crippen molar-refractivity contribution in [3.8, 4) is 28.8 Å². The number of para-hydroxylation sites is 1. The maximum Gasteiger partial charge on any atom is 0.166 e. The lowest BCUT2D eigenvalue weighted by molar-refractivity contribution is 0.432. The van der Waals surface area contributed by atoms with Gasteiger partial charge in [0.15, 0.2) is 11.6 Å². The van der Waals surface area contributed by atoms with E-state index in [1.807, 2.05) is 45.7 Å². The van der Waals surface area contributed by atoms with Crippen molar-refractivity contribution in [2.75, 3.05) is 0 Å². The first-order chi connectivity index (χ1) is 11.7. The number of fused-ring (bicyclic) bond motifs is 1. The minimum atomic E-state index is -0.694. The summed E-state index contributed by atoms with van der Waals surface area (Å²) in [6, 6.07) is 16.0. The van der Waals surface area contributed by atoms with Crippen LogP contribution in [-0.4, -0.2) is 9.67 Å². The maximum absolute atomic E-state index is 13.9. The van der Waals surface area contributed by atoms with Gasteiger partial charge in [0.25, 0.3) is 0 Å². The molecule has 2 aromatic heterocycles. The van der Waals surface area contributed by atoms with Gasteiger partial charge in [-0.25, -0.2) is 4.39 Å². The summed E-state index contributed by atoms with van der Waals surface area (Å²) in [6.45, 7) is 0. The van der Waals surface area contributed by atoms with E-state index >= 15 is 0 Å². The highest BCUT2D eigenvalue weighted by molar-refractivity contribution is 7.08. The van der Waals surface area contributed by atoms with Crippen LogP contribution in [0.4, 0.5) is 4.39 Å². The van der Waals surface area contributed by atoms with Crippen LogP contribution in [0.3, 0.4) is 0 Å². The van der Waals surface area contributed by atoms with Gasteiger partial charge in [-0.3, -0.25) is 0 Å². The van der Waals surface area contributed by atoms with Crippen molar-refractivity contribution < 1.29 is 9.50 Å². The standard InChI is InChI=1S/C19H11FN2OS/c20-16-9-13(5-6-18(16)23)22-17-4-2-1-3-14(17)15(10-21)19(22)12-7-8-24-11-12/h1-9,11,23H/i22+1. The summed E-state index contributed by atoms with van der Waals surface area (Å²) >= 11 is 1.54. The number of aromatic nitrogens is 1. The molecule has 4 aromatic rings. The van der Waals surface area contributed by atoms with Crippen molar-refractivity contribution >= 4 is 22.2 Å². The Balaban J connectivity index is 2.16. The van der Waals surface area contributed by atoms with Gasteiger partial charge >= 0.3 is 0 Å². The normalized spacial score (nSPS) is 10.8. The van der Waals surface area contributed by atoms with E-state index in [1.165, 1.54) is 23.5 Å². The lowest BCUT2D eigenvalue weighted by Crippen LogP contribution is -1.97. The molecule has 2 aromatic carbocycles. The molecular formula is C19H11FN2OS. The van der Waals surface area contributed by atoms with Gasteiger partial charge < -0.3 is 9.67 Å². The highest BCUT2D eigenvalue weighted by atomic mass is 32.1. The Kier molecular flexibility index (Phi) is 3.33. The van der Waals surface area contributed by atoms with E-state index in [9.17, 15) is 14.8 Å². The number of benzene rings is 2. The fourth-order valence-corrected chi connectivity index (χ4v) is 3.57. The highest BCUT2D eigenvalue weighted by Crippen LogP contribution is 2.37. The summed E-state index contributed by atoms with van der Waals surface area (Å²) in [5, 5.41) is 23.9. The topological polar surface area (TPSA) is 49.0 Å². The number of aromatic hydroxyl groups is 1. The molecule has 5 heteroatoms. The molecule has 0 fully saturated rings. The zero-order valence-corrected chi connectivity index (χ0v) is 13.2. The average Bonchev–Trinajstić information content (AvgIpc) is 3.22. The van der Waals surface area contributed by atoms with E-state index in [4.69, 9.17) is 0 Å². The Hall–Kier alpha value is -3.10. The van der Waals surface area contributed by atoms with Gasteiger partial charge in [0.2, 0.25) is 0 Å². The molecular weight excluding hydrogens is 324 g/mol. The fourth-order valence-electron chi connectivity index (χ4n) is 2.93. The van der Waals surface area contributed by atoms with Crippen LogP contribution in [0.15, 0.2) is 59.3 Å². The Bertz CT molecular complexity index is 1090. The van der Waals surface area contributed by atoms with Gasteiger partial charge in [0.05, 0.1) is 16.8 Å². The van der Waals surface area contributed by atoms with Crippen LogP contribution < -0.4 is 0 Å². The number of rotatable bonds is 2. The molecule has 0 saturated carbocycles. The molecule has 0 aliphatic carbocycles. The van der Waals surface area contributed by atoms with Crippen molar-refractivity contribution in [3.05, 3.63) is 70.7 Å². The number of nitrogens with zero attached hydrogens (tertiary/aromatic N) is 2. The molecule has 116 valence electrons. The van der Waals surface area contributed by atoms with Gasteiger partial charge in [-0.1, -0.05) is 18.2 Å². The first-order valence-corrected chi connectivity index (χ1v) is 8.20. The Morgan fingerprint density at radius 1 is 1.12 bits per heavy atom. The number of nitriles is 1. The van der Waals surface area contributed by atoms with Crippen LogP contribution in [0.1, 0.15) is 5.56 Å². The molecule has 0 atom stereocenters. The van der Waals surface area contributed by atoms with Gasteiger partial charge in [-0.2, -0.15) is 16.6 Å². The number of halogens is 1. The van der Waals surface area contributed by atoms with Crippen molar-refractivity contribution in [1.29, 1.82) is 5.26 Å². The molecule has 2 heterocycles. The summed E-state index contributed by atoms with van der Waals surface area (Å²) in [4.78, 5) is 0. The highest BCUT2D eigenvalue weighted by Gasteiger charge is 2.20. The van der Waals surface area contributed by atoms with E-state index in [1.54, 1.807) is 6.07 Å². The van der Waals surface area contributed by atoms with Gasteiger partial charge in [0.1, 0.15) is 6.07 Å². The summed E-state index contributed by atoms with van der Waals surface area (Å²) in [6.07, 6.45) is 0. The predicted molar refractivity (Wildman–Crippen MR) is 92.9 cm³/mol. The molecule has 0 radical (unpaired) electrons. The third kappa shape index (κ3) is 2.08. The Labute approximate surface area is 141 Å². The average molecular weight is 335 g/mol. The quantitative estimate of drug-likeness (QED) is 0.555. The van der Waals surface area contributed by atoms with E-state index in [0.717, 1.165) is 22.2 Å². The van der Waals surface area contributed by atoms with E-state index in [0.29, 0.717) is 11.3 Å². The number of phenolic OH excluding ortho intramolecular Hbond substituents is 1. The van der Waals surface area contributed by atoms with Crippen LogP contribution in [0.2, 0.25) is 0 Å². The minimum Gasteiger partial charge on any atom is -0.505 e. The van der Waals surface area contributed by atoms with Crippen molar-refractivity contribution in [2.24, 2.45) is 0 Å². The van der Waals surface area contributed by atoms with E-state index in [-0.39, 0.29) is 0 Å². The summed E-state index contributed by atoms with van der Waals surface area (Å²) < 4.78 is 15.8. The number of hydrogen-bond acceptors (Lipinski definition) is 3. The van der Waals surface area contributed by atoms with Gasteiger partial charge in [0, 0.05) is 28.1 Å². The third-order valence-corrected chi connectivity index (χ3v) is 4.65. The largest absolute Gasteiger partial charge is 0.505 e. The lowest BCUT2D eigenvalue weighted by atomic mass is 10.1. The molecule has 3 nitrogen and oxygen atoms in total. The van der Waals surface area contributed by atoms with Crippen LogP contribution in [-0.2, 0) is 0 Å². The second-order valence-electron chi connectivity index (χ2n) is 5.34. The van der Waals surface area contributed by atoms with Crippen LogP contribution >= 0.6 is 11.3 Å². The molecule has 0 amide bonds. The van der Waals surface area contributed by atoms with E-state index < -0.39 is 11.6 Å². The molecule has 0 saturated heterocycles. The lowest BCUT2D eigenvalue weighted by Gasteiger charge is -2.11. The third-order valence-electron chi connectivity index (χ3n) is 3.97. The smallest absolute Gasteiger partial charge is 0.166 e. The molecule has 0 bridgehead atoms. The van der Waals surface area contributed by atoms with Gasteiger partial charge in [-0.15, -0.1) is 0 Å². The molecule has 0 aliphatic rings. The molecule has 0 aliphatic heterocycles. The minimum absolute atomic E-state index is 0.396. The zero-order chi connectivity index (χ0) is 16.7. The summed E-state index contributed by atoms with van der Waals surface area (Å²) in [5.41, 5.74) is 3.56. The molecule has 1 N–H and O–H groups in total. The van der Waals surface area contributed by atoms with Crippen LogP contribution in [0, 0.1) is 17.1 Å². The Morgan fingerprint density at radius 2 is 1.96 bits per heavy atom. The van der Waals surface area contributed by atoms with E-state index in [2.05, 4.69) is 6.07 Å². The van der Waals surface area contributed by atoms with Crippen molar-refractivity contribution in [1.82, 2.24) is 4.57 Å². The number of phenols is 1. The predicted octanol–water partition coefficient (Wildman–Crippen LogP) is 5.08. The molecule has 0 spiro atoms. The zero-order valence-electron chi connectivity index (χ0n) is 12.4. The van der Waals surface area contributed by atoms with Crippen LogP contribution in [0.5, 0.6) is 5.75 Å². The SMILES string of the molecule is N#Cc1c(-c2ccsc2)[15n](-c2ccc(O)c(F)c2)c2ccccc12. The maximum atomic E-state index is 13.9. The molecule has 24 heavy (non-hydrogen) atoms. The van der Waals surface area contributed by atoms with Gasteiger partial charge in [-0.05, 0) is 29.6 Å².